The number of aromatic amines is 1. The number of rotatable bonds is 3. The molecule has 0 spiro atoms. The number of imidazole rings is 1. The van der Waals surface area contributed by atoms with Crippen molar-refractivity contribution < 1.29 is 12.8 Å². The van der Waals surface area contributed by atoms with Gasteiger partial charge in [0.05, 0.1) is 15.1 Å². The number of thiophene rings is 1. The van der Waals surface area contributed by atoms with Gasteiger partial charge >= 0.3 is 0 Å². The predicted octanol–water partition coefficient (Wildman–Crippen LogP) is 4.91. The minimum Gasteiger partial charge on any atom is -0.345 e. The summed E-state index contributed by atoms with van der Waals surface area (Å²) in [7, 11) is -3.26. The zero-order chi connectivity index (χ0) is 18.6. The Morgan fingerprint density at radius 3 is 2.32 bits per heavy atom. The Kier molecular flexibility index (Phi) is 6.62. The highest BCUT2D eigenvalue weighted by Gasteiger charge is 2.16. The van der Waals surface area contributed by atoms with Crippen molar-refractivity contribution in [2.75, 3.05) is 6.26 Å². The van der Waals surface area contributed by atoms with Crippen molar-refractivity contribution in [2.24, 2.45) is 0 Å². The molecule has 0 atom stereocenters. The molecule has 0 unspecified atom stereocenters. The first-order valence-electron chi connectivity index (χ1n) is 7.06. The van der Waals surface area contributed by atoms with Crippen LogP contribution >= 0.6 is 34.5 Å². The predicted molar refractivity (Wildman–Crippen MR) is 100.0 cm³/mol. The highest BCUT2D eigenvalue weighted by Crippen LogP contribution is 2.24. The van der Waals surface area contributed by atoms with E-state index in [1.54, 1.807) is 19.1 Å². The average molecular weight is 421 g/mol. The Morgan fingerprint density at radius 2 is 1.88 bits per heavy atom. The lowest BCUT2D eigenvalue weighted by atomic mass is 10.3. The Bertz CT molecular complexity index is 947. The van der Waals surface area contributed by atoms with Crippen LogP contribution in [0.15, 0.2) is 41.4 Å². The van der Waals surface area contributed by atoms with Crippen LogP contribution in [-0.4, -0.2) is 24.6 Å². The molecule has 0 saturated heterocycles. The summed E-state index contributed by atoms with van der Waals surface area (Å²) >= 11 is 12.6. The first kappa shape index (κ1) is 19.9. The van der Waals surface area contributed by atoms with Gasteiger partial charge in [-0.3, -0.25) is 0 Å². The third-order valence-electron chi connectivity index (χ3n) is 3.04. The number of sulfone groups is 1. The summed E-state index contributed by atoms with van der Waals surface area (Å²) in [5.74, 6) is 0.274. The molecule has 9 heteroatoms. The van der Waals surface area contributed by atoms with Crippen molar-refractivity contribution in [3.8, 4) is 0 Å². The second kappa shape index (κ2) is 8.31. The maximum absolute atomic E-state index is 12.2. The monoisotopic (exact) mass is 420 g/mol. The van der Waals surface area contributed by atoms with Crippen molar-refractivity contribution in [3.05, 3.63) is 68.0 Å². The van der Waals surface area contributed by atoms with Gasteiger partial charge in [-0.25, -0.2) is 17.8 Å². The van der Waals surface area contributed by atoms with E-state index in [4.69, 9.17) is 23.2 Å². The van der Waals surface area contributed by atoms with Gasteiger partial charge in [-0.2, -0.15) is 0 Å². The van der Waals surface area contributed by atoms with Gasteiger partial charge in [0.25, 0.3) is 0 Å². The molecule has 2 heterocycles. The number of H-pyrrole nitrogens is 1. The number of aromatic nitrogens is 2. The van der Waals surface area contributed by atoms with Crippen molar-refractivity contribution in [3.63, 3.8) is 0 Å². The molecule has 0 aliphatic heterocycles. The largest absolute Gasteiger partial charge is 0.345 e. The van der Waals surface area contributed by atoms with Gasteiger partial charge in [-0.05, 0) is 31.2 Å². The van der Waals surface area contributed by atoms with Crippen molar-refractivity contribution in [1.82, 2.24) is 9.97 Å². The maximum Gasteiger partial charge on any atom is 0.194 e. The highest BCUT2D eigenvalue weighted by molar-refractivity contribution is 7.90. The molecule has 0 amide bonds. The van der Waals surface area contributed by atoms with Crippen LogP contribution in [0, 0.1) is 12.7 Å². The number of hydrogen-bond acceptors (Lipinski definition) is 4. The van der Waals surface area contributed by atoms with Gasteiger partial charge < -0.3 is 4.98 Å². The fourth-order valence-corrected chi connectivity index (χ4v) is 4.11. The van der Waals surface area contributed by atoms with E-state index in [1.807, 2.05) is 12.1 Å². The van der Waals surface area contributed by atoms with Crippen LogP contribution in [0.5, 0.6) is 0 Å². The van der Waals surface area contributed by atoms with Gasteiger partial charge in [-0.1, -0.05) is 35.3 Å². The van der Waals surface area contributed by atoms with Crippen LogP contribution in [0.4, 0.5) is 4.39 Å². The number of hydrogen-bond donors (Lipinski definition) is 1. The summed E-state index contributed by atoms with van der Waals surface area (Å²) < 4.78 is 35.7. The molecule has 0 fully saturated rings. The lowest BCUT2D eigenvalue weighted by Crippen LogP contribution is -1.99. The van der Waals surface area contributed by atoms with Crippen LogP contribution in [0.25, 0.3) is 0 Å². The zero-order valence-electron chi connectivity index (χ0n) is 13.4. The second-order valence-corrected chi connectivity index (χ2v) is 9.32. The van der Waals surface area contributed by atoms with Crippen molar-refractivity contribution >= 4 is 44.4 Å². The van der Waals surface area contributed by atoms with E-state index in [1.165, 1.54) is 23.5 Å². The summed E-state index contributed by atoms with van der Waals surface area (Å²) in [5.41, 5.74) is 0.574. The van der Waals surface area contributed by atoms with Gasteiger partial charge in [0, 0.05) is 17.6 Å². The van der Waals surface area contributed by atoms with E-state index >= 15 is 0 Å². The molecule has 0 bridgehead atoms. The molecule has 1 N–H and O–H groups in total. The van der Waals surface area contributed by atoms with Crippen molar-refractivity contribution in [2.45, 2.75) is 18.4 Å². The van der Waals surface area contributed by atoms with E-state index in [9.17, 15) is 12.8 Å². The summed E-state index contributed by atoms with van der Waals surface area (Å²) in [6.45, 7) is 1.70. The maximum atomic E-state index is 12.2. The lowest BCUT2D eigenvalue weighted by Gasteiger charge is -1.92. The first-order chi connectivity index (χ1) is 11.7. The average Bonchev–Trinajstić information content (AvgIpc) is 3.08. The Hall–Kier alpha value is -1.41. The summed E-state index contributed by atoms with van der Waals surface area (Å²) in [4.78, 5) is 8.13. The second-order valence-electron chi connectivity index (χ2n) is 5.18. The molecular weight excluding hydrogens is 406 g/mol. The molecule has 134 valence electrons. The van der Waals surface area contributed by atoms with Crippen LogP contribution < -0.4 is 0 Å². The quantitative estimate of drug-likeness (QED) is 0.654. The van der Waals surface area contributed by atoms with Crippen LogP contribution in [-0.2, 0) is 16.3 Å². The van der Waals surface area contributed by atoms with E-state index in [0.29, 0.717) is 22.3 Å². The number of nitrogens with zero attached hydrogens (tertiary/aromatic N) is 1. The molecule has 2 aromatic heterocycles. The fraction of sp³-hybridized carbons (Fsp3) is 0.188. The smallest absolute Gasteiger partial charge is 0.194 e. The number of nitrogens with one attached hydrogen (secondary N) is 1. The van der Waals surface area contributed by atoms with Gasteiger partial charge in [-0.15, -0.1) is 11.3 Å². The van der Waals surface area contributed by atoms with Crippen molar-refractivity contribution in [1.29, 1.82) is 0 Å². The molecule has 25 heavy (non-hydrogen) atoms. The third-order valence-corrected chi connectivity index (χ3v) is 5.67. The van der Waals surface area contributed by atoms with Gasteiger partial charge in [0.15, 0.2) is 14.9 Å². The summed E-state index contributed by atoms with van der Waals surface area (Å²) in [6, 6.07) is 9.84. The summed E-state index contributed by atoms with van der Waals surface area (Å²) in [5, 5.41) is 0.294. The minimum absolute atomic E-state index is 0.121. The highest BCUT2D eigenvalue weighted by atomic mass is 35.5. The van der Waals surface area contributed by atoms with E-state index in [-0.39, 0.29) is 15.9 Å². The molecule has 4 nitrogen and oxygen atoms in total. The third kappa shape index (κ3) is 5.81. The number of halogens is 3. The SMILES string of the molecule is Cc1[nH]c(Cc2ccc(Cl)s2)nc1S(C)(=O)=O.Fc1ccccc1Cl. The fourth-order valence-electron chi connectivity index (χ4n) is 2.00. The molecule has 0 aliphatic carbocycles. The standard InChI is InChI=1S/C10H11ClN2O2S2.C6H4ClF/c1-6-10(17(2,14)15)13-9(12-6)5-7-3-4-8(11)16-7;7-5-3-1-2-4-6(5)8/h3-4H,5H2,1-2H3,(H,12,13);1-4H. The molecule has 3 rings (SSSR count). The van der Waals surface area contributed by atoms with E-state index in [0.717, 1.165) is 11.1 Å². The molecule has 0 radical (unpaired) electrons. The molecule has 3 aromatic rings. The topological polar surface area (TPSA) is 62.8 Å². The Balaban J connectivity index is 0.000000236. The Morgan fingerprint density at radius 1 is 1.20 bits per heavy atom. The molecule has 0 aliphatic rings. The van der Waals surface area contributed by atoms with Gasteiger partial charge in [0.2, 0.25) is 0 Å². The van der Waals surface area contributed by atoms with Gasteiger partial charge in [0.1, 0.15) is 11.6 Å². The molecule has 0 saturated carbocycles. The Labute approximate surface area is 159 Å². The number of aryl methyl sites for hydroxylation is 1. The normalized spacial score (nSPS) is 11.1. The van der Waals surface area contributed by atoms with E-state index in [2.05, 4.69) is 9.97 Å². The molecule has 1 aromatic carbocycles. The van der Waals surface area contributed by atoms with Crippen LogP contribution in [0.1, 0.15) is 16.4 Å². The van der Waals surface area contributed by atoms with Crippen LogP contribution in [0.2, 0.25) is 9.36 Å². The molecular formula is C16H15Cl2FN2O2S2. The van der Waals surface area contributed by atoms with E-state index < -0.39 is 9.84 Å². The van der Waals surface area contributed by atoms with Crippen LogP contribution in [0.3, 0.4) is 0 Å². The summed E-state index contributed by atoms with van der Waals surface area (Å²) in [6.07, 6.45) is 1.72. The zero-order valence-corrected chi connectivity index (χ0v) is 16.5. The lowest BCUT2D eigenvalue weighted by molar-refractivity contribution is 0.598. The number of benzene rings is 1. The minimum atomic E-state index is -3.26. The first-order valence-corrected chi connectivity index (χ1v) is 10.5.